The van der Waals surface area contributed by atoms with Crippen molar-refractivity contribution >= 4 is 34.8 Å². The second kappa shape index (κ2) is 9.84. The Morgan fingerprint density at radius 1 is 0.935 bits per heavy atom. The monoisotopic (exact) mass is 430 g/mol. The topological polar surface area (TPSA) is 27.1 Å². The molecule has 158 valence electrons. The van der Waals surface area contributed by atoms with E-state index in [1.807, 2.05) is 36.4 Å². The number of hydrogen-bond acceptors (Lipinski definition) is 2. The Hall–Kier alpha value is -3.04. The minimum atomic E-state index is 0.443. The Bertz CT molecular complexity index is 1180. The second-order valence-corrected chi connectivity index (χ2v) is 8.33. The Balaban J connectivity index is 1.49. The average molecular weight is 431 g/mol. The zero-order valence-electron chi connectivity index (χ0n) is 18.0. The highest BCUT2D eigenvalue weighted by atomic mass is 35.5. The van der Waals surface area contributed by atoms with Crippen LogP contribution < -0.4 is 4.74 Å². The van der Waals surface area contributed by atoms with Crippen molar-refractivity contribution in [2.75, 3.05) is 6.61 Å². The summed E-state index contributed by atoms with van der Waals surface area (Å²) in [5.41, 5.74) is 4.49. The lowest BCUT2D eigenvalue weighted by atomic mass is 10.0. The molecule has 31 heavy (non-hydrogen) atoms. The first kappa shape index (κ1) is 21.2. The molecule has 0 spiro atoms. The molecule has 4 rings (SSSR count). The van der Waals surface area contributed by atoms with Crippen LogP contribution in [0.5, 0.6) is 5.75 Å². The van der Waals surface area contributed by atoms with Gasteiger partial charge in [0.15, 0.2) is 0 Å². The van der Waals surface area contributed by atoms with Crippen LogP contribution in [0.4, 0.5) is 0 Å². The first-order valence-electron chi connectivity index (χ1n) is 10.7. The molecule has 0 bridgehead atoms. The molecule has 0 unspecified atom stereocenters. The van der Waals surface area contributed by atoms with E-state index in [2.05, 4.69) is 67.0 Å². The first-order valence-corrected chi connectivity index (χ1v) is 11.1. The van der Waals surface area contributed by atoms with Crippen molar-refractivity contribution < 1.29 is 4.74 Å². The fraction of sp³-hybridized carbons (Fsp3) is 0.222. The summed E-state index contributed by atoms with van der Waals surface area (Å²) in [6.45, 7) is 5.89. The number of halogens is 1. The maximum absolute atomic E-state index is 6.12. The van der Waals surface area contributed by atoms with Gasteiger partial charge in [-0.1, -0.05) is 74.0 Å². The van der Waals surface area contributed by atoms with Gasteiger partial charge in [0.1, 0.15) is 11.6 Å². The van der Waals surface area contributed by atoms with E-state index in [1.165, 1.54) is 5.56 Å². The van der Waals surface area contributed by atoms with Crippen LogP contribution in [-0.4, -0.2) is 16.2 Å². The second-order valence-electron chi connectivity index (χ2n) is 7.89. The molecule has 0 radical (unpaired) electrons. The Kier molecular flexibility index (Phi) is 6.73. The van der Waals surface area contributed by atoms with Crippen molar-refractivity contribution in [3.63, 3.8) is 0 Å². The van der Waals surface area contributed by atoms with Gasteiger partial charge in [-0.2, -0.15) is 0 Å². The predicted molar refractivity (Wildman–Crippen MR) is 131 cm³/mol. The van der Waals surface area contributed by atoms with Gasteiger partial charge in [-0.3, -0.25) is 0 Å². The summed E-state index contributed by atoms with van der Waals surface area (Å²) in [5, 5.41) is 0.739. The van der Waals surface area contributed by atoms with Gasteiger partial charge >= 0.3 is 0 Å². The molecule has 0 aliphatic rings. The molecule has 1 aromatic heterocycles. The number of aryl methyl sites for hydroxylation is 1. The maximum atomic E-state index is 6.12. The summed E-state index contributed by atoms with van der Waals surface area (Å²) in [7, 11) is 0. The minimum Gasteiger partial charge on any atom is -0.493 e. The number of rotatable bonds is 8. The van der Waals surface area contributed by atoms with E-state index >= 15 is 0 Å². The van der Waals surface area contributed by atoms with Crippen LogP contribution in [0.2, 0.25) is 5.02 Å². The molecule has 3 nitrogen and oxygen atoms in total. The average Bonchev–Trinajstić information content (AvgIpc) is 3.14. The fourth-order valence-corrected chi connectivity index (χ4v) is 3.82. The van der Waals surface area contributed by atoms with Crippen molar-refractivity contribution in [2.45, 2.75) is 32.7 Å². The Morgan fingerprint density at radius 2 is 1.68 bits per heavy atom. The van der Waals surface area contributed by atoms with Crippen molar-refractivity contribution in [2.24, 2.45) is 0 Å². The van der Waals surface area contributed by atoms with Crippen LogP contribution in [0.15, 0.2) is 72.8 Å². The van der Waals surface area contributed by atoms with E-state index in [9.17, 15) is 0 Å². The summed E-state index contributed by atoms with van der Waals surface area (Å²) < 4.78 is 8.39. The predicted octanol–water partition coefficient (Wildman–Crippen LogP) is 7.45. The van der Waals surface area contributed by atoms with Crippen LogP contribution in [0.3, 0.4) is 0 Å². The summed E-state index contributed by atoms with van der Waals surface area (Å²) in [4.78, 5) is 4.83. The molecule has 0 aliphatic carbocycles. The summed E-state index contributed by atoms with van der Waals surface area (Å²) in [6.07, 6.45) is 5.04. The molecule has 0 saturated heterocycles. The van der Waals surface area contributed by atoms with E-state index in [1.54, 1.807) is 0 Å². The smallest absolute Gasteiger partial charge is 0.133 e. The van der Waals surface area contributed by atoms with E-state index in [0.29, 0.717) is 12.5 Å². The number of hydrogen-bond donors (Lipinski definition) is 0. The number of ether oxygens (including phenoxy) is 1. The lowest BCUT2D eigenvalue weighted by Crippen LogP contribution is -2.07. The van der Waals surface area contributed by atoms with E-state index in [0.717, 1.165) is 46.2 Å². The standard InChI is InChI=1S/C27H27ClN2O/c1-20(2)23-8-3-6-11-26(23)31-19-7-18-30-25-10-5-4-9-24(25)29-27(30)17-14-21-12-15-22(28)16-13-21/h3-6,8-17,20H,7,18-19H2,1-2H3/b17-14+. The van der Waals surface area contributed by atoms with Crippen LogP contribution in [0.1, 0.15) is 43.1 Å². The van der Waals surface area contributed by atoms with Crippen molar-refractivity contribution in [3.8, 4) is 5.75 Å². The number of aromatic nitrogens is 2. The summed E-state index contributed by atoms with van der Waals surface area (Å²) in [6, 6.07) is 24.4. The van der Waals surface area contributed by atoms with Crippen molar-refractivity contribution in [1.82, 2.24) is 9.55 Å². The van der Waals surface area contributed by atoms with E-state index < -0.39 is 0 Å². The highest BCUT2D eigenvalue weighted by Gasteiger charge is 2.09. The number of nitrogens with zero attached hydrogens (tertiary/aromatic N) is 2. The van der Waals surface area contributed by atoms with E-state index in [4.69, 9.17) is 21.3 Å². The highest BCUT2D eigenvalue weighted by molar-refractivity contribution is 6.30. The summed E-state index contributed by atoms with van der Waals surface area (Å²) >= 11 is 6.00. The zero-order valence-corrected chi connectivity index (χ0v) is 18.7. The molecule has 0 saturated carbocycles. The first-order chi connectivity index (χ1) is 15.1. The zero-order chi connectivity index (χ0) is 21.6. The molecule has 4 heteroatoms. The van der Waals surface area contributed by atoms with Crippen LogP contribution in [0.25, 0.3) is 23.2 Å². The van der Waals surface area contributed by atoms with Crippen LogP contribution >= 0.6 is 11.6 Å². The largest absolute Gasteiger partial charge is 0.493 e. The third-order valence-electron chi connectivity index (χ3n) is 5.30. The molecule has 0 aliphatic heterocycles. The third kappa shape index (κ3) is 5.18. The van der Waals surface area contributed by atoms with Gasteiger partial charge in [0.25, 0.3) is 0 Å². The minimum absolute atomic E-state index is 0.443. The van der Waals surface area contributed by atoms with Gasteiger partial charge in [0.05, 0.1) is 17.6 Å². The maximum Gasteiger partial charge on any atom is 0.133 e. The Morgan fingerprint density at radius 3 is 2.48 bits per heavy atom. The lowest BCUT2D eigenvalue weighted by molar-refractivity contribution is 0.298. The van der Waals surface area contributed by atoms with Crippen LogP contribution in [-0.2, 0) is 6.54 Å². The fourth-order valence-electron chi connectivity index (χ4n) is 3.69. The lowest BCUT2D eigenvalue weighted by Gasteiger charge is -2.14. The highest BCUT2D eigenvalue weighted by Crippen LogP contribution is 2.26. The third-order valence-corrected chi connectivity index (χ3v) is 5.56. The quantitative estimate of drug-likeness (QED) is 0.271. The molecule has 4 aromatic rings. The summed E-state index contributed by atoms with van der Waals surface area (Å²) in [5.74, 6) is 2.37. The SMILES string of the molecule is CC(C)c1ccccc1OCCCn1c(/C=C/c2ccc(Cl)cc2)nc2ccccc21. The molecule has 0 amide bonds. The molecular weight excluding hydrogens is 404 g/mol. The van der Waals surface area contributed by atoms with Crippen molar-refractivity contribution in [1.29, 1.82) is 0 Å². The number of imidazole rings is 1. The van der Waals surface area contributed by atoms with Gasteiger partial charge in [0, 0.05) is 11.6 Å². The number of para-hydroxylation sites is 3. The molecule has 0 fully saturated rings. The molecular formula is C27H27ClN2O. The normalized spacial score (nSPS) is 11.6. The van der Waals surface area contributed by atoms with Crippen molar-refractivity contribution in [3.05, 3.63) is 94.8 Å². The number of fused-ring (bicyclic) bond motifs is 1. The van der Waals surface area contributed by atoms with Gasteiger partial charge in [-0.05, 0) is 59.9 Å². The Labute approximate surface area is 189 Å². The van der Waals surface area contributed by atoms with E-state index in [-0.39, 0.29) is 0 Å². The van der Waals surface area contributed by atoms with Gasteiger partial charge in [-0.15, -0.1) is 0 Å². The molecule has 3 aromatic carbocycles. The van der Waals surface area contributed by atoms with Gasteiger partial charge in [0.2, 0.25) is 0 Å². The molecule has 0 N–H and O–H groups in total. The molecule has 1 heterocycles. The molecule has 0 atom stereocenters. The van der Waals surface area contributed by atoms with Crippen LogP contribution in [0, 0.1) is 0 Å². The van der Waals surface area contributed by atoms with Gasteiger partial charge in [-0.25, -0.2) is 4.98 Å². The van der Waals surface area contributed by atoms with Gasteiger partial charge < -0.3 is 9.30 Å². The number of benzene rings is 3.